The molecule has 3 aromatic carbocycles. The summed E-state index contributed by atoms with van der Waals surface area (Å²) < 4.78 is 20.5. The van der Waals surface area contributed by atoms with Gasteiger partial charge >= 0.3 is 0 Å². The fraction of sp³-hybridized carbons (Fsp3) is 0.0909. The van der Waals surface area contributed by atoms with Crippen molar-refractivity contribution in [2.45, 2.75) is 13.0 Å². The zero-order chi connectivity index (χ0) is 20.4. The van der Waals surface area contributed by atoms with E-state index < -0.39 is 6.04 Å². The Morgan fingerprint density at radius 2 is 1.83 bits per heavy atom. The number of rotatable bonds is 5. The highest BCUT2D eigenvalue weighted by atomic mass is 79.9. The maximum Gasteiger partial charge on any atom is 0.247 e. The summed E-state index contributed by atoms with van der Waals surface area (Å²) in [7, 11) is 0. The van der Waals surface area contributed by atoms with Gasteiger partial charge in [0.2, 0.25) is 11.8 Å². The number of hydrogen-bond acceptors (Lipinski definition) is 4. The largest absolute Gasteiger partial charge is 0.418 e. The summed E-state index contributed by atoms with van der Waals surface area (Å²) in [4.78, 5) is 0. The summed E-state index contributed by atoms with van der Waals surface area (Å²) in [5.74, 6) is 0.263. The molecule has 0 bridgehead atoms. The van der Waals surface area contributed by atoms with Crippen molar-refractivity contribution in [1.29, 1.82) is 0 Å². The van der Waals surface area contributed by atoms with Gasteiger partial charge in [-0.2, -0.15) is 0 Å². The van der Waals surface area contributed by atoms with Crippen LogP contribution in [-0.2, 0) is 0 Å². The highest BCUT2D eigenvalue weighted by molar-refractivity contribution is 9.10. The molecule has 0 amide bonds. The van der Waals surface area contributed by atoms with Crippen LogP contribution in [0.2, 0.25) is 5.02 Å². The molecular formula is C22H16BrClFN3O. The zero-order valence-electron chi connectivity index (χ0n) is 15.4. The first-order valence-electron chi connectivity index (χ1n) is 8.87. The van der Waals surface area contributed by atoms with Gasteiger partial charge in [0, 0.05) is 20.7 Å². The first-order chi connectivity index (χ1) is 14.0. The van der Waals surface area contributed by atoms with Crippen LogP contribution < -0.4 is 5.32 Å². The van der Waals surface area contributed by atoms with Crippen molar-refractivity contribution in [1.82, 2.24) is 10.2 Å². The predicted octanol–water partition coefficient (Wildman–Crippen LogP) is 6.80. The lowest BCUT2D eigenvalue weighted by Crippen LogP contribution is -2.13. The lowest BCUT2D eigenvalue weighted by Gasteiger charge is -2.18. The molecule has 0 saturated heterocycles. The van der Waals surface area contributed by atoms with Crippen LogP contribution in [-0.4, -0.2) is 10.2 Å². The Kier molecular flexibility index (Phi) is 5.65. The summed E-state index contributed by atoms with van der Waals surface area (Å²) in [5, 5.41) is 12.4. The molecule has 4 nitrogen and oxygen atoms in total. The minimum Gasteiger partial charge on any atom is -0.418 e. The van der Waals surface area contributed by atoms with Gasteiger partial charge in [-0.3, -0.25) is 0 Å². The maximum absolute atomic E-state index is 13.6. The van der Waals surface area contributed by atoms with Crippen molar-refractivity contribution in [3.05, 3.63) is 99.1 Å². The second kappa shape index (κ2) is 8.35. The topological polar surface area (TPSA) is 51.0 Å². The van der Waals surface area contributed by atoms with Gasteiger partial charge in [-0.05, 0) is 66.6 Å². The molecule has 146 valence electrons. The monoisotopic (exact) mass is 471 g/mol. The summed E-state index contributed by atoms with van der Waals surface area (Å²) in [5.41, 5.74) is 3.43. The van der Waals surface area contributed by atoms with Crippen LogP contribution in [0.1, 0.15) is 23.1 Å². The molecule has 1 atom stereocenters. The number of nitrogens with one attached hydrogen (secondary N) is 1. The average molecular weight is 473 g/mol. The Morgan fingerprint density at radius 1 is 1.03 bits per heavy atom. The summed E-state index contributed by atoms with van der Waals surface area (Å²) in [6.45, 7) is 2.02. The van der Waals surface area contributed by atoms with Gasteiger partial charge in [0.15, 0.2) is 0 Å². The first kappa shape index (κ1) is 19.6. The quantitative estimate of drug-likeness (QED) is 0.347. The van der Waals surface area contributed by atoms with E-state index in [1.165, 1.54) is 12.1 Å². The van der Waals surface area contributed by atoms with Crippen LogP contribution in [0.3, 0.4) is 0 Å². The molecular weight excluding hydrogens is 457 g/mol. The van der Waals surface area contributed by atoms with Crippen molar-refractivity contribution in [3.63, 3.8) is 0 Å². The van der Waals surface area contributed by atoms with Crippen LogP contribution >= 0.6 is 27.5 Å². The molecule has 29 heavy (non-hydrogen) atoms. The van der Waals surface area contributed by atoms with E-state index in [1.807, 2.05) is 49.4 Å². The second-order valence-corrected chi connectivity index (χ2v) is 7.84. The van der Waals surface area contributed by atoms with E-state index in [1.54, 1.807) is 12.1 Å². The average Bonchev–Trinajstić information content (AvgIpc) is 3.20. The number of halogens is 3. The molecule has 0 aliphatic heterocycles. The van der Waals surface area contributed by atoms with Gasteiger partial charge in [0.05, 0.1) is 0 Å². The standard InChI is InChI=1S/C22H16BrClFN3O/c1-13-11-18(9-10-19(13)23)26-20(14-5-7-16(24)8-6-14)22-28-27-21(29-22)15-3-2-4-17(25)12-15/h2-12,20,26H,1H3/t20-/m0/s1. The molecule has 0 aliphatic carbocycles. The van der Waals surface area contributed by atoms with Gasteiger partial charge in [-0.15, -0.1) is 10.2 Å². The van der Waals surface area contributed by atoms with Gasteiger partial charge in [0.1, 0.15) is 11.9 Å². The summed E-state index contributed by atoms with van der Waals surface area (Å²) >= 11 is 9.56. The molecule has 4 aromatic rings. The molecule has 0 fully saturated rings. The van der Waals surface area contributed by atoms with E-state index in [9.17, 15) is 4.39 Å². The molecule has 1 N–H and O–H groups in total. The second-order valence-electron chi connectivity index (χ2n) is 6.55. The van der Waals surface area contributed by atoms with Crippen molar-refractivity contribution < 1.29 is 8.81 Å². The molecule has 0 radical (unpaired) electrons. The van der Waals surface area contributed by atoms with Crippen LogP contribution in [0.5, 0.6) is 0 Å². The van der Waals surface area contributed by atoms with Crippen LogP contribution in [0.25, 0.3) is 11.5 Å². The third-order valence-corrected chi connectivity index (χ3v) is 5.57. The number of benzene rings is 3. The van der Waals surface area contributed by atoms with Gasteiger partial charge in [-0.1, -0.05) is 45.7 Å². The maximum atomic E-state index is 13.6. The van der Waals surface area contributed by atoms with Crippen LogP contribution in [0.15, 0.2) is 75.6 Å². The van der Waals surface area contributed by atoms with E-state index in [0.717, 1.165) is 21.3 Å². The van der Waals surface area contributed by atoms with E-state index >= 15 is 0 Å². The molecule has 0 saturated carbocycles. The van der Waals surface area contributed by atoms with Crippen molar-refractivity contribution in [2.24, 2.45) is 0 Å². The number of hydrogen-bond donors (Lipinski definition) is 1. The Bertz CT molecular complexity index is 1150. The Labute approximate surface area is 180 Å². The van der Waals surface area contributed by atoms with E-state index in [2.05, 4.69) is 31.4 Å². The highest BCUT2D eigenvalue weighted by Crippen LogP contribution is 2.30. The molecule has 1 heterocycles. The summed E-state index contributed by atoms with van der Waals surface area (Å²) in [6, 6.07) is 19.0. The number of aromatic nitrogens is 2. The van der Waals surface area contributed by atoms with E-state index in [-0.39, 0.29) is 11.7 Å². The number of aryl methyl sites for hydroxylation is 1. The normalized spacial score (nSPS) is 12.0. The smallest absolute Gasteiger partial charge is 0.247 e. The van der Waals surface area contributed by atoms with Gasteiger partial charge in [0.25, 0.3) is 0 Å². The third-order valence-electron chi connectivity index (χ3n) is 4.43. The third kappa shape index (κ3) is 4.49. The SMILES string of the molecule is Cc1cc(N[C@@H](c2ccc(Cl)cc2)c2nnc(-c3cccc(F)c3)o2)ccc1Br. The van der Waals surface area contributed by atoms with E-state index in [4.69, 9.17) is 16.0 Å². The van der Waals surface area contributed by atoms with Gasteiger partial charge < -0.3 is 9.73 Å². The molecule has 1 aromatic heterocycles. The number of anilines is 1. The number of nitrogens with zero attached hydrogens (tertiary/aromatic N) is 2. The Morgan fingerprint density at radius 3 is 2.55 bits per heavy atom. The summed E-state index contributed by atoms with van der Waals surface area (Å²) in [6.07, 6.45) is 0. The molecule has 0 aliphatic rings. The zero-order valence-corrected chi connectivity index (χ0v) is 17.7. The van der Waals surface area contributed by atoms with Crippen molar-refractivity contribution in [2.75, 3.05) is 5.32 Å². The van der Waals surface area contributed by atoms with Crippen LogP contribution in [0, 0.1) is 12.7 Å². The Hall–Kier alpha value is -2.70. The van der Waals surface area contributed by atoms with Gasteiger partial charge in [-0.25, -0.2) is 4.39 Å². The fourth-order valence-corrected chi connectivity index (χ4v) is 3.31. The van der Waals surface area contributed by atoms with Crippen LogP contribution in [0.4, 0.5) is 10.1 Å². The highest BCUT2D eigenvalue weighted by Gasteiger charge is 2.22. The lowest BCUT2D eigenvalue weighted by molar-refractivity contribution is 0.493. The minimum absolute atomic E-state index is 0.257. The van der Waals surface area contributed by atoms with E-state index in [0.29, 0.717) is 16.5 Å². The fourth-order valence-electron chi connectivity index (χ4n) is 2.93. The Balaban J connectivity index is 1.72. The predicted molar refractivity (Wildman–Crippen MR) is 115 cm³/mol. The molecule has 0 spiro atoms. The first-order valence-corrected chi connectivity index (χ1v) is 10.0. The molecule has 4 rings (SSSR count). The minimum atomic E-state index is -0.400. The van der Waals surface area contributed by atoms with Crippen molar-refractivity contribution in [3.8, 4) is 11.5 Å². The molecule has 0 unspecified atom stereocenters. The van der Waals surface area contributed by atoms with Crippen molar-refractivity contribution >= 4 is 33.2 Å². The molecule has 7 heteroatoms. The lowest BCUT2D eigenvalue weighted by atomic mass is 10.1.